The zero-order valence-electron chi connectivity index (χ0n) is 14.9. The van der Waals surface area contributed by atoms with Crippen LogP contribution < -0.4 is 21.6 Å². The van der Waals surface area contributed by atoms with E-state index in [0.717, 1.165) is 11.1 Å². The average molecular weight is 382 g/mol. The predicted molar refractivity (Wildman–Crippen MR) is 101 cm³/mol. The van der Waals surface area contributed by atoms with E-state index in [2.05, 4.69) is 26.7 Å². The number of hydrogen-bond acceptors (Lipinski definition) is 6. The molecule has 1 atom stereocenters. The number of aryl methyl sites for hydroxylation is 1. The highest BCUT2D eigenvalue weighted by Crippen LogP contribution is 2.23. The molecule has 4 rings (SSSR count). The van der Waals surface area contributed by atoms with Gasteiger partial charge in [0.15, 0.2) is 0 Å². The summed E-state index contributed by atoms with van der Waals surface area (Å²) in [5, 5.41) is 10.9. The topological polar surface area (TPSA) is 97.9 Å². The highest BCUT2D eigenvalue weighted by molar-refractivity contribution is 6.38. The number of amidine groups is 1. The Hall–Kier alpha value is -3.46. The Labute approximate surface area is 160 Å². The van der Waals surface area contributed by atoms with Crippen molar-refractivity contribution < 1.29 is 14.0 Å². The quantitative estimate of drug-likeness (QED) is 0.633. The van der Waals surface area contributed by atoms with Crippen LogP contribution in [-0.2, 0) is 22.6 Å². The number of amides is 2. The Morgan fingerprint density at radius 3 is 2.89 bits per heavy atom. The van der Waals surface area contributed by atoms with Crippen LogP contribution in [0.1, 0.15) is 17.5 Å². The fourth-order valence-corrected chi connectivity index (χ4v) is 3.13. The first kappa shape index (κ1) is 17.9. The first-order valence-electron chi connectivity index (χ1n) is 8.90. The zero-order valence-corrected chi connectivity index (χ0v) is 14.9. The number of carbonyl (C=O) groups is 2. The fourth-order valence-electron chi connectivity index (χ4n) is 3.13. The standard InChI is InChI=1S/C19H19FN6O2/c20-14-8-6-13-7-9-15(18(27)22-16(13)10-14)21-19(28)17-23-25-26(24-17)11-12-4-2-1-3-5-12/h1-6,8,10,15,25H,7,9,11H2,(H,21,28)(H,22,27)(H,23,24)/t15-/m0/s1. The average Bonchev–Trinajstić information content (AvgIpc) is 3.09. The van der Waals surface area contributed by atoms with Gasteiger partial charge in [0.25, 0.3) is 5.91 Å². The molecule has 2 aliphatic rings. The van der Waals surface area contributed by atoms with Gasteiger partial charge in [0, 0.05) is 5.69 Å². The van der Waals surface area contributed by atoms with E-state index >= 15 is 0 Å². The Balaban J connectivity index is 1.34. The van der Waals surface area contributed by atoms with Crippen LogP contribution in [0.3, 0.4) is 0 Å². The molecule has 4 N–H and O–H groups in total. The molecule has 0 fully saturated rings. The highest BCUT2D eigenvalue weighted by Gasteiger charge is 2.29. The van der Waals surface area contributed by atoms with Crippen molar-refractivity contribution in [3.05, 3.63) is 65.5 Å². The molecular formula is C19H19FN6O2. The molecule has 0 aromatic heterocycles. The van der Waals surface area contributed by atoms with Gasteiger partial charge in [0.05, 0.1) is 6.54 Å². The number of anilines is 1. The summed E-state index contributed by atoms with van der Waals surface area (Å²) in [7, 11) is 0. The van der Waals surface area contributed by atoms with Gasteiger partial charge in [-0.15, -0.1) is 10.2 Å². The number of hydrazone groups is 1. The van der Waals surface area contributed by atoms with Crippen molar-refractivity contribution in [3.8, 4) is 0 Å². The van der Waals surface area contributed by atoms with E-state index in [9.17, 15) is 14.0 Å². The minimum Gasteiger partial charge on any atom is -0.337 e. The summed E-state index contributed by atoms with van der Waals surface area (Å²) < 4.78 is 13.4. The van der Waals surface area contributed by atoms with Gasteiger partial charge < -0.3 is 10.6 Å². The number of carbonyl (C=O) groups excluding carboxylic acids is 2. The summed E-state index contributed by atoms with van der Waals surface area (Å²) in [6.45, 7) is 0.492. The molecule has 0 spiro atoms. The van der Waals surface area contributed by atoms with Gasteiger partial charge in [-0.25, -0.2) is 9.93 Å². The van der Waals surface area contributed by atoms with Crippen LogP contribution in [0.25, 0.3) is 0 Å². The smallest absolute Gasteiger partial charge is 0.290 e. The van der Waals surface area contributed by atoms with E-state index in [1.54, 1.807) is 11.2 Å². The van der Waals surface area contributed by atoms with Crippen LogP contribution in [-0.4, -0.2) is 28.8 Å². The monoisotopic (exact) mass is 382 g/mol. The second-order valence-corrected chi connectivity index (χ2v) is 6.60. The lowest BCUT2D eigenvalue weighted by molar-refractivity contribution is -0.123. The molecule has 2 aromatic carbocycles. The number of hydrazine groups is 2. The first-order valence-corrected chi connectivity index (χ1v) is 8.90. The molecule has 2 heterocycles. The Morgan fingerprint density at radius 2 is 2.07 bits per heavy atom. The minimum atomic E-state index is -0.740. The molecule has 0 saturated heterocycles. The summed E-state index contributed by atoms with van der Waals surface area (Å²) in [5.74, 6) is -1.24. The van der Waals surface area contributed by atoms with Crippen LogP contribution in [0.15, 0.2) is 53.6 Å². The van der Waals surface area contributed by atoms with Crippen molar-refractivity contribution in [2.75, 3.05) is 5.32 Å². The molecule has 28 heavy (non-hydrogen) atoms. The van der Waals surface area contributed by atoms with Crippen LogP contribution in [0, 0.1) is 5.82 Å². The van der Waals surface area contributed by atoms with Crippen LogP contribution in [0.4, 0.5) is 10.1 Å². The maximum Gasteiger partial charge on any atom is 0.290 e. The number of nitrogens with one attached hydrogen (secondary N) is 4. The van der Waals surface area contributed by atoms with Crippen molar-refractivity contribution >= 4 is 23.3 Å². The number of rotatable bonds is 4. The van der Waals surface area contributed by atoms with E-state index < -0.39 is 17.8 Å². The van der Waals surface area contributed by atoms with E-state index in [-0.39, 0.29) is 11.7 Å². The third kappa shape index (κ3) is 3.94. The van der Waals surface area contributed by atoms with Crippen molar-refractivity contribution in [1.82, 2.24) is 21.4 Å². The molecule has 0 bridgehead atoms. The summed E-state index contributed by atoms with van der Waals surface area (Å²) in [4.78, 5) is 24.9. The molecule has 0 unspecified atom stereocenters. The largest absolute Gasteiger partial charge is 0.337 e. The van der Waals surface area contributed by atoms with Crippen molar-refractivity contribution in [3.63, 3.8) is 0 Å². The van der Waals surface area contributed by atoms with Gasteiger partial charge in [-0.3, -0.25) is 15.0 Å². The lowest BCUT2D eigenvalue weighted by Crippen LogP contribution is -2.50. The van der Waals surface area contributed by atoms with Gasteiger partial charge in [0.2, 0.25) is 11.7 Å². The summed E-state index contributed by atoms with van der Waals surface area (Å²) in [5.41, 5.74) is 7.89. The highest BCUT2D eigenvalue weighted by atomic mass is 19.1. The van der Waals surface area contributed by atoms with Gasteiger partial charge >= 0.3 is 0 Å². The number of benzene rings is 2. The summed E-state index contributed by atoms with van der Waals surface area (Å²) in [6, 6.07) is 13.2. The molecule has 0 aliphatic carbocycles. The lowest BCUT2D eigenvalue weighted by atomic mass is 10.1. The second kappa shape index (κ2) is 7.65. The molecule has 2 amide bonds. The van der Waals surface area contributed by atoms with Crippen molar-refractivity contribution in [2.24, 2.45) is 5.10 Å². The molecule has 0 saturated carbocycles. The third-order valence-electron chi connectivity index (χ3n) is 4.58. The molecule has 9 heteroatoms. The Bertz CT molecular complexity index is 933. The maximum atomic E-state index is 13.4. The lowest BCUT2D eigenvalue weighted by Gasteiger charge is -2.17. The SMILES string of the molecule is O=C(N[C@H]1CCc2ccc(F)cc2NC1=O)C1=NNN(Cc2ccccc2)N1. The van der Waals surface area contributed by atoms with Crippen LogP contribution in [0.2, 0.25) is 0 Å². The first-order chi connectivity index (χ1) is 13.6. The normalized spacial score (nSPS) is 18.8. The predicted octanol–water partition coefficient (Wildman–Crippen LogP) is 1.03. The van der Waals surface area contributed by atoms with Crippen molar-refractivity contribution in [2.45, 2.75) is 25.4 Å². The second-order valence-electron chi connectivity index (χ2n) is 6.60. The molecule has 2 aromatic rings. The number of hydrogen-bond donors (Lipinski definition) is 4. The molecule has 0 radical (unpaired) electrons. The Morgan fingerprint density at radius 1 is 1.25 bits per heavy atom. The third-order valence-corrected chi connectivity index (χ3v) is 4.58. The number of fused-ring (bicyclic) bond motifs is 1. The molecule has 2 aliphatic heterocycles. The van der Waals surface area contributed by atoms with Crippen LogP contribution >= 0.6 is 0 Å². The van der Waals surface area contributed by atoms with E-state index in [4.69, 9.17) is 0 Å². The summed E-state index contributed by atoms with van der Waals surface area (Å²) >= 11 is 0. The zero-order chi connectivity index (χ0) is 19.5. The molecule has 144 valence electrons. The van der Waals surface area contributed by atoms with Crippen molar-refractivity contribution in [1.29, 1.82) is 0 Å². The summed E-state index contributed by atoms with van der Waals surface area (Å²) in [6.07, 6.45) is 0.947. The van der Waals surface area contributed by atoms with Gasteiger partial charge in [-0.05, 0) is 36.1 Å². The van der Waals surface area contributed by atoms with E-state index in [0.29, 0.717) is 25.1 Å². The van der Waals surface area contributed by atoms with E-state index in [1.807, 2.05) is 30.3 Å². The number of nitrogens with zero attached hydrogens (tertiary/aromatic N) is 2. The molecular weight excluding hydrogens is 363 g/mol. The van der Waals surface area contributed by atoms with Gasteiger partial charge in [-0.2, -0.15) is 0 Å². The van der Waals surface area contributed by atoms with Crippen LogP contribution in [0.5, 0.6) is 0 Å². The van der Waals surface area contributed by atoms with Gasteiger partial charge in [0.1, 0.15) is 11.9 Å². The fraction of sp³-hybridized carbons (Fsp3) is 0.211. The minimum absolute atomic E-state index is 0.0662. The van der Waals surface area contributed by atoms with Gasteiger partial charge in [-0.1, -0.05) is 36.4 Å². The Kier molecular flexibility index (Phi) is 4.90. The maximum absolute atomic E-state index is 13.4. The van der Waals surface area contributed by atoms with E-state index in [1.165, 1.54) is 12.1 Å². The molecule has 8 nitrogen and oxygen atoms in total. The number of halogens is 1.